The minimum atomic E-state index is -3.82. The normalized spacial score (nSPS) is 12.7. The third-order valence-corrected chi connectivity index (χ3v) is 4.37. The molecule has 0 radical (unpaired) electrons. The third kappa shape index (κ3) is 3.20. The van der Waals surface area contributed by atoms with E-state index in [9.17, 15) is 8.42 Å². The van der Waals surface area contributed by atoms with Crippen molar-refractivity contribution < 1.29 is 18.6 Å². The van der Waals surface area contributed by atoms with Gasteiger partial charge in [0, 0.05) is 5.69 Å². The molecule has 0 aliphatic carbocycles. The molecule has 18 heavy (non-hydrogen) atoms. The van der Waals surface area contributed by atoms with Crippen LogP contribution in [0.1, 0.15) is 12.5 Å². The molecule has 6 nitrogen and oxygen atoms in total. The molecule has 0 heterocycles. The molecule has 5 N–H and O–H groups in total. The predicted molar refractivity (Wildman–Crippen MR) is 68.5 cm³/mol. The van der Waals surface area contributed by atoms with Gasteiger partial charge in [-0.05, 0) is 37.6 Å². The molecule has 1 rings (SSSR count). The number of nitrogens with one attached hydrogen (secondary N) is 1. The lowest BCUT2D eigenvalue weighted by Crippen LogP contribution is -2.51. The lowest BCUT2D eigenvalue weighted by atomic mass is 10.1. The number of nitrogen functional groups attached to an aromatic ring is 1. The molecule has 0 amide bonds. The molecule has 0 saturated carbocycles. The largest absolute Gasteiger partial charge is 0.399 e. The van der Waals surface area contributed by atoms with E-state index >= 15 is 0 Å². The third-order valence-electron chi connectivity index (χ3n) is 2.57. The maximum Gasteiger partial charge on any atom is 0.241 e. The van der Waals surface area contributed by atoms with Gasteiger partial charge in [-0.3, -0.25) is 0 Å². The van der Waals surface area contributed by atoms with Crippen molar-refractivity contribution in [2.45, 2.75) is 24.3 Å². The smallest absolute Gasteiger partial charge is 0.241 e. The SMILES string of the molecule is Cc1cc(N)ccc1S(=O)(=O)NC(C)(CO)CO. The zero-order chi connectivity index (χ0) is 14.0. The number of hydrogen-bond acceptors (Lipinski definition) is 5. The van der Waals surface area contributed by atoms with Crippen molar-refractivity contribution in [3.8, 4) is 0 Å². The minimum absolute atomic E-state index is 0.0739. The van der Waals surface area contributed by atoms with Gasteiger partial charge in [0.25, 0.3) is 0 Å². The Hall–Kier alpha value is -1.15. The van der Waals surface area contributed by atoms with Gasteiger partial charge in [-0.1, -0.05) is 0 Å². The molecule has 0 bridgehead atoms. The first-order valence-electron chi connectivity index (χ1n) is 5.36. The Morgan fingerprint density at radius 2 is 1.89 bits per heavy atom. The molecule has 1 aromatic rings. The number of hydrogen-bond donors (Lipinski definition) is 4. The number of benzene rings is 1. The first-order valence-corrected chi connectivity index (χ1v) is 6.84. The lowest BCUT2D eigenvalue weighted by molar-refractivity contribution is 0.121. The summed E-state index contributed by atoms with van der Waals surface area (Å²) in [5.74, 6) is 0. The van der Waals surface area contributed by atoms with E-state index in [0.717, 1.165) is 0 Å². The van der Waals surface area contributed by atoms with Crippen molar-refractivity contribution in [1.29, 1.82) is 0 Å². The quantitative estimate of drug-likeness (QED) is 0.546. The highest BCUT2D eigenvalue weighted by atomic mass is 32.2. The number of aliphatic hydroxyl groups excluding tert-OH is 2. The molecule has 0 fully saturated rings. The van der Waals surface area contributed by atoms with Crippen LogP contribution in [0.15, 0.2) is 23.1 Å². The van der Waals surface area contributed by atoms with Gasteiger partial charge in [-0.2, -0.15) is 0 Å². The van der Waals surface area contributed by atoms with Gasteiger partial charge in [0.15, 0.2) is 0 Å². The van der Waals surface area contributed by atoms with Crippen molar-refractivity contribution in [1.82, 2.24) is 4.72 Å². The van der Waals surface area contributed by atoms with E-state index in [2.05, 4.69) is 4.72 Å². The molecular weight excluding hydrogens is 256 g/mol. The van der Waals surface area contributed by atoms with E-state index in [4.69, 9.17) is 15.9 Å². The second-order valence-corrected chi connectivity index (χ2v) is 6.16. The Bertz CT molecular complexity index is 524. The molecule has 0 unspecified atom stereocenters. The summed E-state index contributed by atoms with van der Waals surface area (Å²) in [6, 6.07) is 4.42. The molecule has 0 aliphatic rings. The molecule has 0 aliphatic heterocycles. The maximum atomic E-state index is 12.1. The van der Waals surface area contributed by atoms with Crippen LogP contribution in [0.2, 0.25) is 0 Å². The van der Waals surface area contributed by atoms with Crippen LogP contribution >= 0.6 is 0 Å². The summed E-state index contributed by atoms with van der Waals surface area (Å²) in [6.07, 6.45) is 0. The fourth-order valence-electron chi connectivity index (χ4n) is 1.47. The number of nitrogens with two attached hydrogens (primary N) is 1. The average Bonchev–Trinajstić information content (AvgIpc) is 2.27. The number of rotatable bonds is 5. The van der Waals surface area contributed by atoms with E-state index in [1.807, 2.05) is 0 Å². The van der Waals surface area contributed by atoms with Gasteiger partial charge in [-0.25, -0.2) is 13.1 Å². The Kier molecular flexibility index (Phi) is 4.33. The number of aryl methyl sites for hydroxylation is 1. The van der Waals surface area contributed by atoms with Gasteiger partial charge in [-0.15, -0.1) is 0 Å². The minimum Gasteiger partial charge on any atom is -0.399 e. The van der Waals surface area contributed by atoms with Gasteiger partial charge in [0.2, 0.25) is 10.0 Å². The van der Waals surface area contributed by atoms with Gasteiger partial charge in [0.1, 0.15) is 0 Å². The van der Waals surface area contributed by atoms with Crippen LogP contribution in [-0.2, 0) is 10.0 Å². The molecule has 0 saturated heterocycles. The topological polar surface area (TPSA) is 113 Å². The highest BCUT2D eigenvalue weighted by Crippen LogP contribution is 2.19. The standard InChI is InChI=1S/C11H18N2O4S/c1-8-5-9(12)3-4-10(8)18(16,17)13-11(2,6-14)7-15/h3-5,13-15H,6-7,12H2,1-2H3. The van der Waals surface area contributed by atoms with Crippen LogP contribution < -0.4 is 10.5 Å². The Labute approximate surface area is 106 Å². The zero-order valence-electron chi connectivity index (χ0n) is 10.3. The first-order chi connectivity index (χ1) is 8.24. The van der Waals surface area contributed by atoms with Crippen LogP contribution in [-0.4, -0.2) is 37.4 Å². The molecule has 0 spiro atoms. The van der Waals surface area contributed by atoms with Crippen LogP contribution in [0.25, 0.3) is 0 Å². The molecule has 0 aromatic heterocycles. The van der Waals surface area contributed by atoms with E-state index in [-0.39, 0.29) is 4.90 Å². The van der Waals surface area contributed by atoms with Crippen molar-refractivity contribution in [3.63, 3.8) is 0 Å². The van der Waals surface area contributed by atoms with Gasteiger partial charge in [0.05, 0.1) is 23.6 Å². The Morgan fingerprint density at radius 1 is 1.33 bits per heavy atom. The summed E-state index contributed by atoms with van der Waals surface area (Å²) in [5, 5.41) is 18.2. The van der Waals surface area contributed by atoms with Crippen molar-refractivity contribution in [2.75, 3.05) is 18.9 Å². The molecule has 102 valence electrons. The van der Waals surface area contributed by atoms with Crippen molar-refractivity contribution in [2.24, 2.45) is 0 Å². The summed E-state index contributed by atoms with van der Waals surface area (Å²) in [7, 11) is -3.82. The average molecular weight is 274 g/mol. The molecule has 0 atom stereocenters. The number of anilines is 1. The van der Waals surface area contributed by atoms with E-state index < -0.39 is 28.8 Å². The highest BCUT2D eigenvalue weighted by Gasteiger charge is 2.30. The number of sulfonamides is 1. The Morgan fingerprint density at radius 3 is 2.33 bits per heavy atom. The van der Waals surface area contributed by atoms with E-state index in [1.165, 1.54) is 19.1 Å². The first kappa shape index (κ1) is 14.9. The number of aliphatic hydroxyl groups is 2. The van der Waals surface area contributed by atoms with E-state index in [1.54, 1.807) is 13.0 Å². The summed E-state index contributed by atoms with van der Waals surface area (Å²) < 4.78 is 26.5. The van der Waals surface area contributed by atoms with Gasteiger partial charge >= 0.3 is 0 Å². The van der Waals surface area contributed by atoms with Crippen LogP contribution in [0.3, 0.4) is 0 Å². The van der Waals surface area contributed by atoms with Gasteiger partial charge < -0.3 is 15.9 Å². The molecule has 7 heteroatoms. The second kappa shape index (κ2) is 5.23. The monoisotopic (exact) mass is 274 g/mol. The van der Waals surface area contributed by atoms with Crippen LogP contribution in [0.5, 0.6) is 0 Å². The zero-order valence-corrected chi connectivity index (χ0v) is 11.2. The lowest BCUT2D eigenvalue weighted by Gasteiger charge is -2.26. The van der Waals surface area contributed by atoms with Crippen LogP contribution in [0.4, 0.5) is 5.69 Å². The maximum absolute atomic E-state index is 12.1. The van der Waals surface area contributed by atoms with E-state index in [0.29, 0.717) is 11.3 Å². The second-order valence-electron chi connectivity index (χ2n) is 4.51. The predicted octanol–water partition coefficient (Wildman–Crippen LogP) is -0.401. The molecular formula is C11H18N2O4S. The van der Waals surface area contributed by atoms with Crippen molar-refractivity contribution in [3.05, 3.63) is 23.8 Å². The summed E-state index contributed by atoms with van der Waals surface area (Å²) in [6.45, 7) is 2.03. The summed E-state index contributed by atoms with van der Waals surface area (Å²) >= 11 is 0. The van der Waals surface area contributed by atoms with Crippen molar-refractivity contribution >= 4 is 15.7 Å². The summed E-state index contributed by atoms with van der Waals surface area (Å²) in [4.78, 5) is 0.0739. The van der Waals surface area contributed by atoms with Crippen LogP contribution in [0, 0.1) is 6.92 Å². The fraction of sp³-hybridized carbons (Fsp3) is 0.455. The summed E-state index contributed by atoms with van der Waals surface area (Å²) in [5.41, 5.74) is 5.23. The molecule has 1 aromatic carbocycles. The fourth-order valence-corrected chi connectivity index (χ4v) is 3.09. The Balaban J connectivity index is 3.15. The highest BCUT2D eigenvalue weighted by molar-refractivity contribution is 7.89.